The van der Waals surface area contributed by atoms with Gasteiger partial charge in [-0.1, -0.05) is 16.8 Å². The van der Waals surface area contributed by atoms with Crippen LogP contribution >= 0.6 is 11.6 Å². The zero-order chi connectivity index (χ0) is 13.8. The summed E-state index contributed by atoms with van der Waals surface area (Å²) in [4.78, 5) is 11.0. The first-order chi connectivity index (χ1) is 9.10. The van der Waals surface area contributed by atoms with Crippen LogP contribution in [0.4, 0.5) is 4.39 Å². The van der Waals surface area contributed by atoms with Crippen LogP contribution in [0, 0.1) is 5.82 Å². The fourth-order valence-electron chi connectivity index (χ4n) is 1.43. The zero-order valence-corrected chi connectivity index (χ0v) is 10.6. The van der Waals surface area contributed by atoms with Crippen molar-refractivity contribution in [1.29, 1.82) is 0 Å². The lowest BCUT2D eigenvalue weighted by Crippen LogP contribution is -2.29. The molecule has 1 amide bonds. The van der Waals surface area contributed by atoms with Gasteiger partial charge in [-0.05, 0) is 18.2 Å². The molecule has 0 fully saturated rings. The van der Waals surface area contributed by atoms with Crippen molar-refractivity contribution in [3.8, 4) is 5.69 Å². The van der Waals surface area contributed by atoms with Gasteiger partial charge in [0.05, 0.1) is 19.3 Å². The first-order valence-corrected chi connectivity index (χ1v) is 5.81. The first kappa shape index (κ1) is 13.4. The molecule has 0 aliphatic rings. The van der Waals surface area contributed by atoms with Crippen LogP contribution in [0.15, 0.2) is 24.4 Å². The van der Waals surface area contributed by atoms with E-state index in [9.17, 15) is 9.18 Å². The summed E-state index contributed by atoms with van der Waals surface area (Å²) in [6, 6.07) is 4.24. The van der Waals surface area contributed by atoms with Gasteiger partial charge in [0, 0.05) is 5.02 Å². The van der Waals surface area contributed by atoms with E-state index in [2.05, 4.69) is 15.6 Å². The van der Waals surface area contributed by atoms with Crippen LogP contribution in [0.2, 0.25) is 5.02 Å². The Bertz CT molecular complexity index is 601. The second kappa shape index (κ2) is 5.77. The van der Waals surface area contributed by atoms with Crippen molar-refractivity contribution in [1.82, 2.24) is 20.3 Å². The van der Waals surface area contributed by atoms with E-state index in [0.29, 0.717) is 10.7 Å². The molecule has 0 saturated carbocycles. The van der Waals surface area contributed by atoms with Gasteiger partial charge in [0.15, 0.2) is 0 Å². The number of benzene rings is 1. The Hall–Kier alpha value is -1.99. The van der Waals surface area contributed by atoms with Crippen LogP contribution in [0.1, 0.15) is 5.69 Å². The van der Waals surface area contributed by atoms with Gasteiger partial charge >= 0.3 is 0 Å². The number of carbonyl (C=O) groups is 1. The lowest BCUT2D eigenvalue weighted by Gasteiger charge is -2.02. The van der Waals surface area contributed by atoms with Crippen molar-refractivity contribution in [3.63, 3.8) is 0 Å². The summed E-state index contributed by atoms with van der Waals surface area (Å²) in [5.74, 6) is -0.804. The quantitative estimate of drug-likeness (QED) is 0.862. The highest BCUT2D eigenvalue weighted by atomic mass is 35.5. The molecule has 1 heterocycles. The van der Waals surface area contributed by atoms with Gasteiger partial charge in [-0.25, -0.2) is 9.07 Å². The van der Waals surface area contributed by atoms with E-state index in [1.807, 2.05) is 0 Å². The minimum atomic E-state index is -0.505. The lowest BCUT2D eigenvalue weighted by molar-refractivity contribution is -0.119. The molecule has 0 aliphatic heterocycles. The number of nitrogens with two attached hydrogens (primary N) is 1. The van der Waals surface area contributed by atoms with Gasteiger partial charge in [0.1, 0.15) is 17.2 Å². The maximum absolute atomic E-state index is 13.7. The Balaban J connectivity index is 2.14. The molecule has 0 atom stereocenters. The molecule has 0 aliphatic carbocycles. The van der Waals surface area contributed by atoms with E-state index in [0.717, 1.165) is 0 Å². The van der Waals surface area contributed by atoms with Crippen molar-refractivity contribution < 1.29 is 9.18 Å². The average molecular weight is 284 g/mol. The minimum absolute atomic E-state index is 0.0973. The van der Waals surface area contributed by atoms with Gasteiger partial charge in [0.25, 0.3) is 0 Å². The van der Waals surface area contributed by atoms with Gasteiger partial charge in [0.2, 0.25) is 5.91 Å². The highest BCUT2D eigenvalue weighted by Gasteiger charge is 2.08. The number of rotatable bonds is 4. The Morgan fingerprint density at radius 1 is 1.53 bits per heavy atom. The van der Waals surface area contributed by atoms with Crippen molar-refractivity contribution in [2.24, 2.45) is 5.73 Å². The summed E-state index contributed by atoms with van der Waals surface area (Å²) < 4.78 is 14.9. The molecule has 1 aromatic carbocycles. The largest absolute Gasteiger partial charge is 0.349 e. The summed E-state index contributed by atoms with van der Waals surface area (Å²) in [6.45, 7) is 0.0885. The molecule has 0 unspecified atom stereocenters. The third-order valence-electron chi connectivity index (χ3n) is 2.35. The summed E-state index contributed by atoms with van der Waals surface area (Å²) in [6.07, 6.45) is 1.52. The number of halogens is 2. The maximum Gasteiger partial charge on any atom is 0.234 e. The van der Waals surface area contributed by atoms with Crippen LogP contribution in [0.25, 0.3) is 5.69 Å². The van der Waals surface area contributed by atoms with Gasteiger partial charge in [-0.2, -0.15) is 0 Å². The van der Waals surface area contributed by atoms with E-state index in [1.165, 1.54) is 23.0 Å². The monoisotopic (exact) mass is 283 g/mol. The number of aromatic nitrogens is 3. The van der Waals surface area contributed by atoms with Crippen molar-refractivity contribution in [2.45, 2.75) is 6.54 Å². The van der Waals surface area contributed by atoms with E-state index in [4.69, 9.17) is 17.3 Å². The third-order valence-corrected chi connectivity index (χ3v) is 2.58. The molecular formula is C11H11ClFN5O. The van der Waals surface area contributed by atoms with Crippen LogP contribution in [-0.4, -0.2) is 27.4 Å². The second-order valence-corrected chi connectivity index (χ2v) is 4.17. The molecule has 0 bridgehead atoms. The standard InChI is InChI=1S/C11H11ClFN5O/c12-7-1-2-10(9(13)3-7)18-6-8(16-17-18)5-15-11(19)4-14/h1-3,6H,4-5,14H2,(H,15,19). The lowest BCUT2D eigenvalue weighted by atomic mass is 10.3. The summed E-state index contributed by atoms with van der Waals surface area (Å²) in [7, 11) is 0. The SMILES string of the molecule is NCC(=O)NCc1cn(-c2ccc(Cl)cc2F)nn1. The number of carbonyl (C=O) groups excluding carboxylic acids is 1. The predicted octanol–water partition coefficient (Wildman–Crippen LogP) is 0.635. The second-order valence-electron chi connectivity index (χ2n) is 3.73. The Kier molecular flexibility index (Phi) is 4.08. The smallest absolute Gasteiger partial charge is 0.234 e. The number of amides is 1. The Morgan fingerprint density at radius 3 is 3.00 bits per heavy atom. The fourth-order valence-corrected chi connectivity index (χ4v) is 1.58. The zero-order valence-electron chi connectivity index (χ0n) is 9.81. The van der Waals surface area contributed by atoms with Gasteiger partial charge < -0.3 is 11.1 Å². The Morgan fingerprint density at radius 2 is 2.32 bits per heavy atom. The molecule has 0 saturated heterocycles. The van der Waals surface area contributed by atoms with Gasteiger partial charge in [-0.15, -0.1) is 5.10 Å². The van der Waals surface area contributed by atoms with E-state index in [-0.39, 0.29) is 24.7 Å². The molecule has 19 heavy (non-hydrogen) atoms. The van der Waals surface area contributed by atoms with Crippen LogP contribution in [0.3, 0.4) is 0 Å². The molecule has 1 aromatic heterocycles. The first-order valence-electron chi connectivity index (χ1n) is 5.43. The highest BCUT2D eigenvalue weighted by molar-refractivity contribution is 6.30. The van der Waals surface area contributed by atoms with Crippen LogP contribution in [-0.2, 0) is 11.3 Å². The summed E-state index contributed by atoms with van der Waals surface area (Å²) in [5.41, 5.74) is 5.88. The highest BCUT2D eigenvalue weighted by Crippen LogP contribution is 2.17. The number of nitrogens with one attached hydrogen (secondary N) is 1. The van der Waals surface area contributed by atoms with Crippen molar-refractivity contribution >= 4 is 17.5 Å². The number of nitrogens with zero attached hydrogens (tertiary/aromatic N) is 3. The van der Waals surface area contributed by atoms with Crippen LogP contribution < -0.4 is 11.1 Å². The predicted molar refractivity (Wildman–Crippen MR) is 67.2 cm³/mol. The minimum Gasteiger partial charge on any atom is -0.349 e. The molecule has 2 rings (SSSR count). The van der Waals surface area contributed by atoms with E-state index < -0.39 is 5.82 Å². The summed E-state index contributed by atoms with van der Waals surface area (Å²) >= 11 is 5.67. The average Bonchev–Trinajstić information content (AvgIpc) is 2.84. The van der Waals surface area contributed by atoms with Gasteiger partial charge in [-0.3, -0.25) is 4.79 Å². The van der Waals surface area contributed by atoms with E-state index in [1.54, 1.807) is 6.07 Å². The van der Waals surface area contributed by atoms with Crippen LogP contribution in [0.5, 0.6) is 0 Å². The molecule has 0 spiro atoms. The number of hydrogen-bond acceptors (Lipinski definition) is 4. The molecule has 0 radical (unpaired) electrons. The molecule has 6 nitrogen and oxygen atoms in total. The normalized spacial score (nSPS) is 10.5. The fraction of sp³-hybridized carbons (Fsp3) is 0.182. The number of hydrogen-bond donors (Lipinski definition) is 2. The molecule has 2 aromatic rings. The maximum atomic E-state index is 13.7. The summed E-state index contributed by atoms with van der Waals surface area (Å²) in [5, 5.41) is 10.4. The molecular weight excluding hydrogens is 273 g/mol. The molecule has 100 valence electrons. The molecule has 8 heteroatoms. The van der Waals surface area contributed by atoms with Crippen molar-refractivity contribution in [2.75, 3.05) is 6.54 Å². The Labute approximate surface area is 113 Å². The van der Waals surface area contributed by atoms with E-state index >= 15 is 0 Å². The molecule has 3 N–H and O–H groups in total. The van der Waals surface area contributed by atoms with Crippen molar-refractivity contribution in [3.05, 3.63) is 40.9 Å². The topological polar surface area (TPSA) is 85.8 Å². The third kappa shape index (κ3) is 3.27.